The lowest BCUT2D eigenvalue weighted by atomic mass is 9.99. The van der Waals surface area contributed by atoms with Gasteiger partial charge in [0.2, 0.25) is 0 Å². The first-order valence-electron chi connectivity index (χ1n) is 11.8. The quantitative estimate of drug-likeness (QED) is 0.376. The molecule has 5 rings (SSSR count). The lowest BCUT2D eigenvalue weighted by Gasteiger charge is -2.29. The van der Waals surface area contributed by atoms with E-state index < -0.39 is 6.43 Å². The molecule has 1 saturated heterocycles. The predicted molar refractivity (Wildman–Crippen MR) is 131 cm³/mol. The summed E-state index contributed by atoms with van der Waals surface area (Å²) in [4.78, 5) is 14.0. The third-order valence-electron chi connectivity index (χ3n) is 6.48. The Morgan fingerprint density at radius 2 is 1.94 bits per heavy atom. The number of hydrogen-bond acceptors (Lipinski definition) is 5. The second-order valence-electron chi connectivity index (χ2n) is 9.03. The van der Waals surface area contributed by atoms with Gasteiger partial charge in [-0.1, -0.05) is 24.3 Å². The van der Waals surface area contributed by atoms with E-state index in [0.29, 0.717) is 24.4 Å². The van der Waals surface area contributed by atoms with Crippen molar-refractivity contribution in [3.63, 3.8) is 0 Å². The molecule has 1 atom stereocenters. The van der Waals surface area contributed by atoms with Crippen molar-refractivity contribution in [3.05, 3.63) is 71.8 Å². The standard InChI is InChI=1S/C27H28F2N4O2/c1-35-16-24-25(19-8-9-30-23(12-19)26(28)29)22-11-20(13-31-27(22)32-24)18-6-4-17(5-7-18)14-33-10-2-3-21(34)15-33/h4-9,11-13,21,26,34H,2-3,10,14-16H2,1H3,(H,31,32). The fraction of sp³-hybridized carbons (Fsp3) is 0.333. The first-order valence-corrected chi connectivity index (χ1v) is 11.8. The van der Waals surface area contributed by atoms with Gasteiger partial charge in [-0.3, -0.25) is 9.88 Å². The third kappa shape index (κ3) is 5.10. The van der Waals surface area contributed by atoms with E-state index in [1.54, 1.807) is 13.2 Å². The number of benzene rings is 1. The number of aromatic amines is 1. The molecule has 3 aromatic heterocycles. The molecule has 1 aliphatic rings. The number of likely N-dealkylation sites (tertiary alicyclic amines) is 1. The minimum atomic E-state index is -2.65. The Morgan fingerprint density at radius 1 is 1.11 bits per heavy atom. The summed E-state index contributed by atoms with van der Waals surface area (Å²) in [6.45, 7) is 2.82. The molecule has 0 radical (unpaired) electrons. The normalized spacial score (nSPS) is 16.9. The summed E-state index contributed by atoms with van der Waals surface area (Å²) in [5.41, 5.74) is 5.77. The number of methoxy groups -OCH3 is 1. The molecule has 0 spiro atoms. The van der Waals surface area contributed by atoms with E-state index in [4.69, 9.17) is 4.74 Å². The van der Waals surface area contributed by atoms with Gasteiger partial charge in [0.15, 0.2) is 0 Å². The molecule has 0 aliphatic carbocycles. The maximum atomic E-state index is 13.3. The first kappa shape index (κ1) is 23.5. The van der Waals surface area contributed by atoms with Crippen molar-refractivity contribution < 1.29 is 18.6 Å². The predicted octanol–water partition coefficient (Wildman–Crippen LogP) is 5.33. The highest BCUT2D eigenvalue weighted by atomic mass is 19.3. The van der Waals surface area contributed by atoms with Crippen LogP contribution in [0.1, 0.15) is 36.2 Å². The van der Waals surface area contributed by atoms with Crippen LogP contribution in [-0.4, -0.2) is 51.3 Å². The van der Waals surface area contributed by atoms with Crippen LogP contribution >= 0.6 is 0 Å². The van der Waals surface area contributed by atoms with Crippen molar-refractivity contribution in [3.8, 4) is 22.3 Å². The maximum Gasteiger partial charge on any atom is 0.280 e. The van der Waals surface area contributed by atoms with Crippen molar-refractivity contribution in [2.45, 2.75) is 38.5 Å². The molecule has 2 N–H and O–H groups in total. The molecule has 0 amide bonds. The summed E-state index contributed by atoms with van der Waals surface area (Å²) >= 11 is 0. The van der Waals surface area contributed by atoms with Crippen molar-refractivity contribution in [2.24, 2.45) is 0 Å². The fourth-order valence-corrected chi connectivity index (χ4v) is 4.82. The number of ether oxygens (including phenoxy) is 1. The number of fused-ring (bicyclic) bond motifs is 1. The molecule has 4 heterocycles. The molecule has 0 saturated carbocycles. The number of nitrogens with zero attached hydrogens (tertiary/aromatic N) is 3. The van der Waals surface area contributed by atoms with Crippen LogP contribution in [0.4, 0.5) is 8.78 Å². The number of nitrogens with one attached hydrogen (secondary N) is 1. The zero-order valence-corrected chi connectivity index (χ0v) is 19.5. The second kappa shape index (κ2) is 10.2. The maximum absolute atomic E-state index is 13.3. The lowest BCUT2D eigenvalue weighted by molar-refractivity contribution is 0.0668. The summed E-state index contributed by atoms with van der Waals surface area (Å²) in [6.07, 6.45) is 2.23. The van der Waals surface area contributed by atoms with Crippen LogP contribution in [0.2, 0.25) is 0 Å². The number of alkyl halides is 2. The van der Waals surface area contributed by atoms with Crippen LogP contribution < -0.4 is 0 Å². The highest BCUT2D eigenvalue weighted by Gasteiger charge is 2.19. The Morgan fingerprint density at radius 3 is 2.69 bits per heavy atom. The summed E-state index contributed by atoms with van der Waals surface area (Å²) in [5.74, 6) is 0. The number of pyridine rings is 2. The number of H-pyrrole nitrogens is 1. The van der Waals surface area contributed by atoms with E-state index in [1.807, 2.05) is 12.3 Å². The fourth-order valence-electron chi connectivity index (χ4n) is 4.82. The SMILES string of the molecule is COCc1[nH]c2ncc(-c3ccc(CN4CCCC(O)C4)cc3)cc2c1-c1ccnc(C(F)F)c1. The highest BCUT2D eigenvalue weighted by Crippen LogP contribution is 2.35. The van der Waals surface area contributed by atoms with Crippen LogP contribution in [-0.2, 0) is 17.9 Å². The van der Waals surface area contributed by atoms with E-state index >= 15 is 0 Å². The summed E-state index contributed by atoms with van der Waals surface area (Å²) < 4.78 is 32.0. The van der Waals surface area contributed by atoms with Gasteiger partial charge in [-0.05, 0) is 54.3 Å². The van der Waals surface area contributed by atoms with Crippen molar-refractivity contribution in [1.82, 2.24) is 19.9 Å². The van der Waals surface area contributed by atoms with Gasteiger partial charge in [0, 0.05) is 49.1 Å². The monoisotopic (exact) mass is 478 g/mol. The van der Waals surface area contributed by atoms with E-state index in [1.165, 1.54) is 17.8 Å². The Labute approximate surface area is 202 Å². The van der Waals surface area contributed by atoms with Crippen molar-refractivity contribution in [1.29, 1.82) is 0 Å². The number of aliphatic hydroxyl groups is 1. The minimum absolute atomic E-state index is 0.239. The Kier molecular flexibility index (Phi) is 6.86. The molecule has 4 aromatic rings. The summed E-state index contributed by atoms with van der Waals surface area (Å²) in [7, 11) is 1.59. The number of aliphatic hydroxyl groups excluding tert-OH is 1. The molecular weight excluding hydrogens is 450 g/mol. The van der Waals surface area contributed by atoms with Gasteiger partial charge in [0.1, 0.15) is 11.3 Å². The number of β-amino-alcohol motifs (C(OH)–C–C–N with tert-alkyl or cyclic N) is 1. The van der Waals surface area contributed by atoms with Crippen LogP contribution in [0.15, 0.2) is 54.9 Å². The van der Waals surface area contributed by atoms with Crippen LogP contribution in [0, 0.1) is 0 Å². The number of rotatable bonds is 7. The largest absolute Gasteiger partial charge is 0.392 e. The van der Waals surface area contributed by atoms with Gasteiger partial charge >= 0.3 is 0 Å². The van der Waals surface area contributed by atoms with Crippen LogP contribution in [0.3, 0.4) is 0 Å². The third-order valence-corrected chi connectivity index (χ3v) is 6.48. The average Bonchev–Trinajstić information content (AvgIpc) is 3.22. The minimum Gasteiger partial charge on any atom is -0.392 e. The van der Waals surface area contributed by atoms with Gasteiger partial charge in [-0.2, -0.15) is 0 Å². The highest BCUT2D eigenvalue weighted by molar-refractivity contribution is 5.97. The molecule has 0 bridgehead atoms. The van der Waals surface area contributed by atoms with Crippen molar-refractivity contribution >= 4 is 11.0 Å². The van der Waals surface area contributed by atoms with E-state index in [-0.39, 0.29) is 11.8 Å². The topological polar surface area (TPSA) is 74.3 Å². The molecule has 35 heavy (non-hydrogen) atoms. The molecule has 182 valence electrons. The molecule has 1 aliphatic heterocycles. The lowest BCUT2D eigenvalue weighted by Crippen LogP contribution is -2.37. The second-order valence-corrected chi connectivity index (χ2v) is 9.03. The number of halogens is 2. The summed E-state index contributed by atoms with van der Waals surface area (Å²) in [6, 6.07) is 13.5. The van der Waals surface area contributed by atoms with Crippen molar-refractivity contribution in [2.75, 3.05) is 20.2 Å². The molecule has 1 aromatic carbocycles. The number of hydrogen-bond donors (Lipinski definition) is 2. The zero-order valence-electron chi connectivity index (χ0n) is 19.5. The first-order chi connectivity index (χ1) is 17.0. The molecule has 8 heteroatoms. The smallest absolute Gasteiger partial charge is 0.280 e. The van der Waals surface area contributed by atoms with Gasteiger partial charge in [-0.25, -0.2) is 13.8 Å². The van der Waals surface area contributed by atoms with E-state index in [9.17, 15) is 13.9 Å². The average molecular weight is 479 g/mol. The number of piperidine rings is 1. The molecule has 6 nitrogen and oxygen atoms in total. The van der Waals surface area contributed by atoms with Gasteiger partial charge in [0.25, 0.3) is 6.43 Å². The summed E-state index contributed by atoms with van der Waals surface area (Å²) in [5, 5.41) is 10.8. The van der Waals surface area contributed by atoms with Crippen LogP contribution in [0.5, 0.6) is 0 Å². The number of aromatic nitrogens is 3. The van der Waals surface area contributed by atoms with E-state index in [0.717, 1.165) is 53.7 Å². The zero-order chi connectivity index (χ0) is 24.4. The Balaban J connectivity index is 1.48. The Hall–Kier alpha value is -3.20. The van der Waals surface area contributed by atoms with Gasteiger partial charge in [0.05, 0.1) is 18.4 Å². The van der Waals surface area contributed by atoms with E-state index in [2.05, 4.69) is 44.1 Å². The van der Waals surface area contributed by atoms with Gasteiger partial charge in [-0.15, -0.1) is 0 Å². The molecule has 1 unspecified atom stereocenters. The van der Waals surface area contributed by atoms with Gasteiger partial charge < -0.3 is 14.8 Å². The molecular formula is C27H28F2N4O2. The molecule has 1 fully saturated rings. The van der Waals surface area contributed by atoms with Crippen LogP contribution in [0.25, 0.3) is 33.3 Å². The Bertz CT molecular complexity index is 1310.